The minimum Gasteiger partial charge on any atom is -0.385 e. The Morgan fingerprint density at radius 2 is 2.27 bits per heavy atom. The van der Waals surface area contributed by atoms with Crippen LogP contribution in [0, 0.1) is 5.82 Å². The van der Waals surface area contributed by atoms with Crippen LogP contribution in [0.3, 0.4) is 0 Å². The summed E-state index contributed by atoms with van der Waals surface area (Å²) in [5.74, 6) is -0.182. The second-order valence-electron chi connectivity index (χ2n) is 3.69. The van der Waals surface area contributed by atoms with E-state index in [1.54, 1.807) is 19.2 Å². The van der Waals surface area contributed by atoms with Crippen LogP contribution in [0.25, 0.3) is 0 Å². The summed E-state index contributed by atoms with van der Waals surface area (Å²) in [4.78, 5) is 0. The number of halogens is 1. The number of benzene rings is 1. The lowest BCUT2D eigenvalue weighted by atomic mass is 10.2. The van der Waals surface area contributed by atoms with Crippen LogP contribution in [0.1, 0.15) is 18.9 Å². The van der Waals surface area contributed by atoms with E-state index in [-0.39, 0.29) is 5.82 Å². The van der Waals surface area contributed by atoms with E-state index in [9.17, 15) is 4.39 Å². The molecule has 0 radical (unpaired) electrons. The van der Waals surface area contributed by atoms with Crippen molar-refractivity contribution in [1.29, 1.82) is 0 Å². The summed E-state index contributed by atoms with van der Waals surface area (Å²) in [6.07, 6.45) is 0.964. The van der Waals surface area contributed by atoms with Crippen molar-refractivity contribution in [2.45, 2.75) is 25.9 Å². The van der Waals surface area contributed by atoms with Crippen LogP contribution in [0.4, 0.5) is 4.39 Å². The highest BCUT2D eigenvalue weighted by Crippen LogP contribution is 2.03. The van der Waals surface area contributed by atoms with Gasteiger partial charge in [0, 0.05) is 26.3 Å². The molecule has 1 rings (SSSR count). The summed E-state index contributed by atoms with van der Waals surface area (Å²) in [5, 5.41) is 3.31. The molecule has 1 aromatic rings. The fraction of sp³-hybridized carbons (Fsp3) is 0.500. The van der Waals surface area contributed by atoms with Gasteiger partial charge in [-0.3, -0.25) is 0 Å². The van der Waals surface area contributed by atoms with Gasteiger partial charge in [0.1, 0.15) is 5.82 Å². The summed E-state index contributed by atoms with van der Waals surface area (Å²) in [6, 6.07) is 7.03. The molecule has 84 valence electrons. The summed E-state index contributed by atoms with van der Waals surface area (Å²) < 4.78 is 17.8. The molecule has 0 spiro atoms. The van der Waals surface area contributed by atoms with Gasteiger partial charge in [0.25, 0.3) is 0 Å². The maximum Gasteiger partial charge on any atom is 0.123 e. The third-order valence-electron chi connectivity index (χ3n) is 2.30. The second kappa shape index (κ2) is 6.53. The molecule has 15 heavy (non-hydrogen) atoms. The van der Waals surface area contributed by atoms with Crippen molar-refractivity contribution < 1.29 is 9.13 Å². The highest BCUT2D eigenvalue weighted by molar-refractivity contribution is 5.15. The Morgan fingerprint density at radius 1 is 1.47 bits per heavy atom. The quantitative estimate of drug-likeness (QED) is 0.779. The fourth-order valence-corrected chi connectivity index (χ4v) is 1.34. The van der Waals surface area contributed by atoms with E-state index in [4.69, 9.17) is 4.74 Å². The van der Waals surface area contributed by atoms with Crippen molar-refractivity contribution in [3.05, 3.63) is 35.6 Å². The average Bonchev–Trinajstić information content (AvgIpc) is 2.23. The van der Waals surface area contributed by atoms with Crippen LogP contribution in [0.15, 0.2) is 24.3 Å². The molecule has 1 atom stereocenters. The molecule has 1 unspecified atom stereocenters. The Hall–Kier alpha value is -0.930. The lowest BCUT2D eigenvalue weighted by molar-refractivity contribution is 0.184. The normalized spacial score (nSPS) is 12.7. The molecule has 0 aromatic heterocycles. The second-order valence-corrected chi connectivity index (χ2v) is 3.69. The van der Waals surface area contributed by atoms with Crippen LogP contribution in [0.5, 0.6) is 0 Å². The number of nitrogens with one attached hydrogen (secondary N) is 1. The number of methoxy groups -OCH3 is 1. The van der Waals surface area contributed by atoms with Crippen molar-refractivity contribution >= 4 is 0 Å². The zero-order chi connectivity index (χ0) is 11.1. The molecule has 3 heteroatoms. The Labute approximate surface area is 90.4 Å². The molecular formula is C12H18FNO. The number of hydrogen-bond acceptors (Lipinski definition) is 2. The molecule has 0 saturated heterocycles. The zero-order valence-electron chi connectivity index (χ0n) is 9.29. The Balaban J connectivity index is 2.30. The van der Waals surface area contributed by atoms with Gasteiger partial charge in [0.05, 0.1) is 0 Å². The maximum absolute atomic E-state index is 12.8. The van der Waals surface area contributed by atoms with Gasteiger partial charge in [0.15, 0.2) is 0 Å². The highest BCUT2D eigenvalue weighted by atomic mass is 19.1. The van der Waals surface area contributed by atoms with Gasteiger partial charge >= 0.3 is 0 Å². The molecular weight excluding hydrogens is 193 g/mol. The minimum atomic E-state index is -0.182. The van der Waals surface area contributed by atoms with Crippen LogP contribution in [-0.4, -0.2) is 19.8 Å². The Bertz CT molecular complexity index is 291. The molecule has 0 fully saturated rings. The van der Waals surface area contributed by atoms with Crippen LogP contribution >= 0.6 is 0 Å². The van der Waals surface area contributed by atoms with Crippen molar-refractivity contribution in [1.82, 2.24) is 5.32 Å². The van der Waals surface area contributed by atoms with Crippen molar-refractivity contribution in [2.75, 3.05) is 13.7 Å². The molecule has 0 aliphatic carbocycles. The number of ether oxygens (including phenoxy) is 1. The number of hydrogen-bond donors (Lipinski definition) is 1. The van der Waals surface area contributed by atoms with E-state index in [2.05, 4.69) is 12.2 Å². The first-order valence-electron chi connectivity index (χ1n) is 5.19. The van der Waals surface area contributed by atoms with Gasteiger partial charge in [-0.2, -0.15) is 0 Å². The predicted molar refractivity (Wildman–Crippen MR) is 59.2 cm³/mol. The highest BCUT2D eigenvalue weighted by Gasteiger charge is 2.01. The van der Waals surface area contributed by atoms with Crippen molar-refractivity contribution in [3.8, 4) is 0 Å². The monoisotopic (exact) mass is 211 g/mol. The molecule has 0 aliphatic rings. The van der Waals surface area contributed by atoms with E-state index in [1.807, 2.05) is 6.07 Å². The van der Waals surface area contributed by atoms with Gasteiger partial charge in [0.2, 0.25) is 0 Å². The summed E-state index contributed by atoms with van der Waals surface area (Å²) >= 11 is 0. The van der Waals surface area contributed by atoms with Gasteiger partial charge in [-0.1, -0.05) is 12.1 Å². The molecule has 0 saturated carbocycles. The fourth-order valence-electron chi connectivity index (χ4n) is 1.34. The van der Waals surface area contributed by atoms with Crippen molar-refractivity contribution in [3.63, 3.8) is 0 Å². The first kappa shape index (κ1) is 12.1. The van der Waals surface area contributed by atoms with Gasteiger partial charge in [-0.15, -0.1) is 0 Å². The molecule has 2 nitrogen and oxygen atoms in total. The third-order valence-corrected chi connectivity index (χ3v) is 2.30. The van der Waals surface area contributed by atoms with Gasteiger partial charge in [-0.25, -0.2) is 4.39 Å². The van der Waals surface area contributed by atoms with E-state index in [0.29, 0.717) is 12.6 Å². The molecule has 0 aliphatic heterocycles. The molecule has 0 amide bonds. The van der Waals surface area contributed by atoms with Crippen LogP contribution < -0.4 is 5.32 Å². The van der Waals surface area contributed by atoms with Gasteiger partial charge in [-0.05, 0) is 31.0 Å². The SMILES string of the molecule is COCCC(C)NCc1cccc(F)c1. The molecule has 0 bridgehead atoms. The summed E-state index contributed by atoms with van der Waals surface area (Å²) in [6.45, 7) is 3.54. The van der Waals surface area contributed by atoms with Crippen LogP contribution in [-0.2, 0) is 11.3 Å². The topological polar surface area (TPSA) is 21.3 Å². The lowest BCUT2D eigenvalue weighted by Gasteiger charge is -2.13. The number of rotatable bonds is 6. The molecule has 0 heterocycles. The van der Waals surface area contributed by atoms with E-state index < -0.39 is 0 Å². The standard InChI is InChI=1S/C12H18FNO/c1-10(6-7-15-2)14-9-11-4-3-5-12(13)8-11/h3-5,8,10,14H,6-7,9H2,1-2H3. The average molecular weight is 211 g/mol. The first-order chi connectivity index (χ1) is 7.22. The van der Waals surface area contributed by atoms with E-state index in [0.717, 1.165) is 18.6 Å². The largest absolute Gasteiger partial charge is 0.385 e. The molecule has 1 N–H and O–H groups in total. The van der Waals surface area contributed by atoms with E-state index >= 15 is 0 Å². The van der Waals surface area contributed by atoms with Gasteiger partial charge < -0.3 is 10.1 Å². The van der Waals surface area contributed by atoms with Crippen LogP contribution in [0.2, 0.25) is 0 Å². The predicted octanol–water partition coefficient (Wildman–Crippen LogP) is 2.34. The maximum atomic E-state index is 12.8. The van der Waals surface area contributed by atoms with E-state index in [1.165, 1.54) is 6.07 Å². The molecule has 1 aromatic carbocycles. The first-order valence-corrected chi connectivity index (χ1v) is 5.19. The minimum absolute atomic E-state index is 0.182. The third kappa shape index (κ3) is 4.91. The smallest absolute Gasteiger partial charge is 0.123 e. The summed E-state index contributed by atoms with van der Waals surface area (Å²) in [7, 11) is 1.69. The van der Waals surface area contributed by atoms with Crippen molar-refractivity contribution in [2.24, 2.45) is 0 Å². The zero-order valence-corrected chi connectivity index (χ0v) is 9.29. The summed E-state index contributed by atoms with van der Waals surface area (Å²) in [5.41, 5.74) is 0.972. The Morgan fingerprint density at radius 3 is 2.93 bits per heavy atom. The Kier molecular flexibility index (Phi) is 5.29. The lowest BCUT2D eigenvalue weighted by Crippen LogP contribution is -2.26.